The van der Waals surface area contributed by atoms with Crippen LogP contribution in [0.5, 0.6) is 0 Å². The maximum absolute atomic E-state index is 14.1. The Labute approximate surface area is 167 Å². The molecule has 0 unspecified atom stereocenters. The number of hydrogen-bond donors (Lipinski definition) is 0. The maximum Gasteiger partial charge on any atom is 0.297 e. The average Bonchev–Trinajstić information content (AvgIpc) is 2.67. The molecule has 0 aromatic heterocycles. The van der Waals surface area contributed by atoms with Crippen molar-refractivity contribution in [3.63, 3.8) is 0 Å². The zero-order chi connectivity index (χ0) is 21.6. The number of halogens is 4. The lowest BCUT2D eigenvalue weighted by molar-refractivity contribution is 0.184. The Kier molecular flexibility index (Phi) is 8.05. The minimum absolute atomic E-state index is 0.196. The highest BCUT2D eigenvalue weighted by molar-refractivity contribution is 6.87. The van der Waals surface area contributed by atoms with E-state index in [0.29, 0.717) is 25.7 Å². The van der Waals surface area contributed by atoms with E-state index < -0.39 is 49.6 Å². The van der Waals surface area contributed by atoms with Gasteiger partial charge in [0.05, 0.1) is 0 Å². The maximum atomic E-state index is 14.1. The molecule has 9 heteroatoms. The van der Waals surface area contributed by atoms with Crippen molar-refractivity contribution in [2.75, 3.05) is 0 Å². The Morgan fingerprint density at radius 2 is 1.10 bits per heavy atom. The second kappa shape index (κ2) is 10.3. The first-order valence-corrected chi connectivity index (χ1v) is 9.43. The summed E-state index contributed by atoms with van der Waals surface area (Å²) in [6, 6.07) is 5.28. The van der Waals surface area contributed by atoms with Crippen LogP contribution in [-0.4, -0.2) is 26.3 Å². The van der Waals surface area contributed by atoms with Gasteiger partial charge in [0, 0.05) is 0 Å². The Bertz CT molecular complexity index is 846. The van der Waals surface area contributed by atoms with Gasteiger partial charge in [-0.3, -0.25) is 9.59 Å². The molecule has 29 heavy (non-hydrogen) atoms. The average molecular weight is 406 g/mol. The molecule has 0 heterocycles. The highest BCUT2D eigenvalue weighted by Crippen LogP contribution is 2.13. The van der Waals surface area contributed by atoms with Crippen LogP contribution in [0.3, 0.4) is 0 Å². The fraction of sp³-hybridized carbons (Fsp3) is 0.300. The molecule has 0 fully saturated rings. The molecular weight excluding hydrogens is 386 g/mol. The van der Waals surface area contributed by atoms with Gasteiger partial charge in [-0.15, -0.1) is 0 Å². The number of carbonyl (C=O) groups is 2. The lowest BCUT2D eigenvalue weighted by atomic mass is 9.68. The van der Waals surface area contributed by atoms with Crippen LogP contribution in [-0.2, 0) is 17.6 Å². The van der Waals surface area contributed by atoms with Crippen LogP contribution in [0, 0.1) is 23.3 Å². The molecule has 0 atom stereocenters. The molecule has 0 saturated carbocycles. The third-order valence-corrected chi connectivity index (χ3v) is 4.42. The monoisotopic (exact) mass is 406 g/mol. The zero-order valence-electron chi connectivity index (χ0n) is 16.3. The van der Waals surface area contributed by atoms with E-state index in [2.05, 4.69) is 4.74 Å². The highest BCUT2D eigenvalue weighted by Gasteiger charge is 2.22. The third kappa shape index (κ3) is 5.71. The first kappa shape index (κ1) is 22.7. The summed E-state index contributed by atoms with van der Waals surface area (Å²) in [6.45, 7) is 3.64. The quantitative estimate of drug-likeness (QED) is 0.384. The predicted octanol–water partition coefficient (Wildman–Crippen LogP) is 3.23. The number of carbonyl (C=O) groups excluding carboxylic acids is 2. The van der Waals surface area contributed by atoms with Gasteiger partial charge in [0.2, 0.25) is 0 Å². The second-order valence-electron chi connectivity index (χ2n) is 6.72. The van der Waals surface area contributed by atoms with Gasteiger partial charge in [0.1, 0.15) is 0 Å². The van der Waals surface area contributed by atoms with Crippen molar-refractivity contribution in [2.45, 2.75) is 39.5 Å². The second-order valence-corrected chi connectivity index (χ2v) is 6.72. The lowest BCUT2D eigenvalue weighted by Crippen LogP contribution is -2.34. The largest absolute Gasteiger partial charge is 0.410 e. The van der Waals surface area contributed by atoms with Crippen LogP contribution in [0.15, 0.2) is 24.3 Å². The van der Waals surface area contributed by atoms with Gasteiger partial charge >= 0.3 is 0 Å². The summed E-state index contributed by atoms with van der Waals surface area (Å²) in [6.07, 6.45) is 1.96. The van der Waals surface area contributed by atoms with Crippen LogP contribution in [0.4, 0.5) is 27.2 Å². The summed E-state index contributed by atoms with van der Waals surface area (Å²) in [5, 5.41) is 0. The normalized spacial score (nSPS) is 10.6. The summed E-state index contributed by atoms with van der Waals surface area (Å²) < 4.78 is 60.6. The van der Waals surface area contributed by atoms with E-state index in [4.69, 9.17) is 0 Å². The van der Waals surface area contributed by atoms with E-state index in [0.717, 1.165) is 0 Å². The molecule has 0 aliphatic carbocycles. The summed E-state index contributed by atoms with van der Waals surface area (Å²) in [4.78, 5) is 23.8. The summed E-state index contributed by atoms with van der Waals surface area (Å²) in [5.41, 5.74) is -0.105. The molecule has 0 radical (unpaired) electrons. The molecule has 152 valence electrons. The van der Waals surface area contributed by atoms with E-state index in [9.17, 15) is 27.2 Å². The number of benzene rings is 2. The molecule has 0 N–H and O–H groups in total. The van der Waals surface area contributed by atoms with Crippen molar-refractivity contribution >= 4 is 37.2 Å². The number of hydrogen-bond acceptors (Lipinski definition) is 3. The van der Waals surface area contributed by atoms with Crippen molar-refractivity contribution in [1.29, 1.82) is 0 Å². The van der Waals surface area contributed by atoms with Crippen molar-refractivity contribution < 1.29 is 31.9 Å². The molecule has 0 bridgehead atoms. The smallest absolute Gasteiger partial charge is 0.297 e. The SMILES string of the molecule is CCCc1ccc(BC(=O)OC(=O)Bc2ccc(CCC)c(F)c2F)c(F)c1F. The van der Waals surface area contributed by atoms with Crippen LogP contribution in [0.25, 0.3) is 0 Å². The van der Waals surface area contributed by atoms with Crippen molar-refractivity contribution in [3.8, 4) is 0 Å². The molecule has 3 nitrogen and oxygen atoms in total. The van der Waals surface area contributed by atoms with E-state index in [1.165, 1.54) is 24.3 Å². The zero-order valence-corrected chi connectivity index (χ0v) is 16.3. The standard InChI is InChI=1S/C20H20B2F4O3/c1-3-5-11-7-9-13(17(25)15(11)23)21-19(27)29-20(28)22-14-10-8-12(6-4-2)16(24)18(14)26/h7-10,21-22H,3-6H2,1-2H3. The Morgan fingerprint density at radius 1 is 0.724 bits per heavy atom. The molecule has 2 aromatic carbocycles. The lowest BCUT2D eigenvalue weighted by Gasteiger charge is -2.08. The number of ether oxygens (including phenoxy) is 1. The molecule has 0 saturated heterocycles. The Balaban J connectivity index is 2.02. The minimum Gasteiger partial charge on any atom is -0.410 e. The molecule has 2 rings (SSSR count). The number of aryl methyl sites for hydroxylation is 2. The highest BCUT2D eigenvalue weighted by atomic mass is 19.2. The van der Waals surface area contributed by atoms with Gasteiger partial charge < -0.3 is 4.74 Å². The van der Waals surface area contributed by atoms with Gasteiger partial charge in [0.25, 0.3) is 26.3 Å². The summed E-state index contributed by atoms with van der Waals surface area (Å²) in [7, 11) is -1.32. The molecule has 0 spiro atoms. The first-order valence-electron chi connectivity index (χ1n) is 9.43. The molecule has 0 aliphatic rings. The van der Waals surface area contributed by atoms with E-state index >= 15 is 0 Å². The summed E-state index contributed by atoms with van der Waals surface area (Å²) >= 11 is 0. The van der Waals surface area contributed by atoms with Crippen molar-refractivity contribution in [2.24, 2.45) is 0 Å². The van der Waals surface area contributed by atoms with E-state index in [1.54, 1.807) is 0 Å². The van der Waals surface area contributed by atoms with Gasteiger partial charge in [0.15, 0.2) is 23.3 Å². The fourth-order valence-electron chi connectivity index (χ4n) is 2.97. The number of rotatable bonds is 8. The minimum atomic E-state index is -1.17. The Morgan fingerprint density at radius 3 is 1.45 bits per heavy atom. The van der Waals surface area contributed by atoms with Crippen molar-refractivity contribution in [3.05, 3.63) is 58.7 Å². The van der Waals surface area contributed by atoms with E-state index in [-0.39, 0.29) is 22.1 Å². The Hall–Kier alpha value is -2.57. The van der Waals surface area contributed by atoms with Crippen LogP contribution in [0.1, 0.15) is 37.8 Å². The predicted molar refractivity (Wildman–Crippen MR) is 106 cm³/mol. The van der Waals surface area contributed by atoms with Crippen molar-refractivity contribution in [1.82, 2.24) is 0 Å². The first-order chi connectivity index (χ1) is 13.8. The van der Waals surface area contributed by atoms with E-state index in [1.807, 2.05) is 13.8 Å². The van der Waals surface area contributed by atoms with Crippen LogP contribution < -0.4 is 10.9 Å². The molecular formula is C20H20B2F4O3. The third-order valence-electron chi connectivity index (χ3n) is 4.42. The molecule has 0 amide bonds. The van der Waals surface area contributed by atoms with Crippen LogP contribution >= 0.6 is 0 Å². The van der Waals surface area contributed by atoms with Gasteiger partial charge in [-0.05, 0) is 34.9 Å². The van der Waals surface area contributed by atoms with Gasteiger partial charge in [-0.1, -0.05) is 51.0 Å². The summed E-state index contributed by atoms with van der Waals surface area (Å²) in [5.74, 6) is -6.62. The fourth-order valence-corrected chi connectivity index (χ4v) is 2.97. The molecule has 2 aromatic rings. The molecule has 0 aliphatic heterocycles. The van der Waals surface area contributed by atoms with Gasteiger partial charge in [-0.2, -0.15) is 0 Å². The topological polar surface area (TPSA) is 43.4 Å². The van der Waals surface area contributed by atoms with Crippen LogP contribution in [0.2, 0.25) is 0 Å². The van der Waals surface area contributed by atoms with Gasteiger partial charge in [-0.25, -0.2) is 17.6 Å².